The fourth-order valence-electron chi connectivity index (χ4n) is 1.98. The minimum absolute atomic E-state index is 0.249. The molecule has 0 fully saturated rings. The number of hydrogen-bond donors (Lipinski definition) is 2. The predicted octanol–water partition coefficient (Wildman–Crippen LogP) is 2.24. The van der Waals surface area contributed by atoms with Crippen molar-refractivity contribution in [3.05, 3.63) is 51.9 Å². The van der Waals surface area contributed by atoms with Gasteiger partial charge in [0.2, 0.25) is 0 Å². The smallest absolute Gasteiger partial charge is 0.341 e. The molecule has 2 rings (SSSR count). The van der Waals surface area contributed by atoms with Crippen LogP contribution in [0.3, 0.4) is 0 Å². The molecule has 1 heterocycles. The predicted molar refractivity (Wildman–Crippen MR) is 95.9 cm³/mol. The highest BCUT2D eigenvalue weighted by Crippen LogP contribution is 2.32. The second kappa shape index (κ2) is 8.20. The van der Waals surface area contributed by atoms with E-state index in [1.807, 2.05) is 25.1 Å². The maximum absolute atomic E-state index is 12.0. The van der Waals surface area contributed by atoms with Gasteiger partial charge in [-0.1, -0.05) is 30.3 Å². The molecule has 0 saturated carbocycles. The van der Waals surface area contributed by atoms with Crippen LogP contribution in [-0.2, 0) is 14.3 Å². The van der Waals surface area contributed by atoms with Crippen molar-refractivity contribution in [2.24, 2.45) is 5.10 Å². The van der Waals surface area contributed by atoms with Crippen molar-refractivity contribution in [2.45, 2.75) is 13.8 Å². The molecule has 2 amide bonds. The quantitative estimate of drug-likeness (QED) is 0.379. The summed E-state index contributed by atoms with van der Waals surface area (Å²) < 4.78 is 4.72. The first kappa shape index (κ1) is 18.3. The number of amides is 2. The number of anilines is 1. The van der Waals surface area contributed by atoms with Crippen molar-refractivity contribution >= 4 is 40.3 Å². The summed E-state index contributed by atoms with van der Waals surface area (Å²) in [6, 6.07) is 9.11. The Morgan fingerprint density at radius 1 is 1.12 bits per heavy atom. The summed E-state index contributed by atoms with van der Waals surface area (Å²) in [6.07, 6.45) is 1.42. The molecular weight excluding hydrogens is 342 g/mol. The molecule has 1 aromatic heterocycles. The Balaban J connectivity index is 2.04. The molecule has 0 aliphatic heterocycles. The summed E-state index contributed by atoms with van der Waals surface area (Å²) in [6.45, 7) is 3.56. The Bertz CT molecular complexity index is 828. The van der Waals surface area contributed by atoms with Crippen molar-refractivity contribution in [3.8, 4) is 0 Å². The molecule has 0 aliphatic carbocycles. The van der Waals surface area contributed by atoms with Gasteiger partial charge in [-0.15, -0.1) is 11.3 Å². The molecule has 0 bridgehead atoms. The first-order valence-electron chi connectivity index (χ1n) is 7.31. The maximum atomic E-state index is 12.0. The molecule has 25 heavy (non-hydrogen) atoms. The standard InChI is InChI=1S/C17H17N3O4S/c1-10-11(2)25-16(13(10)17(23)24-3)19-14(21)15(22)20-18-9-12-7-5-4-6-8-12/h4-9H,1-3H3,(H,19,21)(H,20,22)/b18-9-. The fraction of sp³-hybridized carbons (Fsp3) is 0.176. The van der Waals surface area contributed by atoms with E-state index in [0.717, 1.165) is 10.4 Å². The number of aryl methyl sites for hydroxylation is 1. The van der Waals surface area contributed by atoms with Crippen LogP contribution in [0, 0.1) is 13.8 Å². The molecule has 8 heteroatoms. The summed E-state index contributed by atoms with van der Waals surface area (Å²) >= 11 is 1.20. The number of carbonyl (C=O) groups excluding carboxylic acids is 3. The van der Waals surface area contributed by atoms with Crippen LogP contribution in [0.5, 0.6) is 0 Å². The van der Waals surface area contributed by atoms with Crippen LogP contribution in [0.1, 0.15) is 26.4 Å². The second-order valence-electron chi connectivity index (χ2n) is 5.04. The van der Waals surface area contributed by atoms with E-state index in [1.165, 1.54) is 24.7 Å². The van der Waals surface area contributed by atoms with Crippen LogP contribution in [-0.4, -0.2) is 31.1 Å². The lowest BCUT2D eigenvalue weighted by Gasteiger charge is -2.05. The van der Waals surface area contributed by atoms with E-state index in [9.17, 15) is 14.4 Å². The molecule has 2 aromatic rings. The Labute approximate surface area is 148 Å². The first-order chi connectivity index (χ1) is 11.9. The van der Waals surface area contributed by atoms with Crippen molar-refractivity contribution < 1.29 is 19.1 Å². The van der Waals surface area contributed by atoms with Crippen LogP contribution in [0.25, 0.3) is 0 Å². The number of ether oxygens (including phenoxy) is 1. The number of benzene rings is 1. The van der Waals surface area contributed by atoms with Gasteiger partial charge < -0.3 is 10.1 Å². The fourth-order valence-corrected chi connectivity index (χ4v) is 3.02. The van der Waals surface area contributed by atoms with E-state index in [-0.39, 0.29) is 10.6 Å². The van der Waals surface area contributed by atoms with Gasteiger partial charge in [0, 0.05) is 4.88 Å². The van der Waals surface area contributed by atoms with Crippen LogP contribution in [0.2, 0.25) is 0 Å². The zero-order valence-electron chi connectivity index (χ0n) is 14.0. The molecule has 7 nitrogen and oxygen atoms in total. The number of carbonyl (C=O) groups is 3. The SMILES string of the molecule is COC(=O)c1c(NC(=O)C(=O)N/N=C\c2ccccc2)sc(C)c1C. The first-order valence-corrected chi connectivity index (χ1v) is 8.13. The molecule has 0 saturated heterocycles. The number of hydrogen-bond acceptors (Lipinski definition) is 6. The van der Waals surface area contributed by atoms with Gasteiger partial charge in [0.1, 0.15) is 5.00 Å². The number of thiophene rings is 1. The van der Waals surface area contributed by atoms with E-state index >= 15 is 0 Å². The number of nitrogens with zero attached hydrogens (tertiary/aromatic N) is 1. The summed E-state index contributed by atoms with van der Waals surface area (Å²) in [4.78, 5) is 36.5. The molecule has 2 N–H and O–H groups in total. The Morgan fingerprint density at radius 2 is 1.80 bits per heavy atom. The van der Waals surface area contributed by atoms with Crippen molar-refractivity contribution in [1.29, 1.82) is 0 Å². The average molecular weight is 359 g/mol. The topological polar surface area (TPSA) is 96.9 Å². The monoisotopic (exact) mass is 359 g/mol. The van der Waals surface area contributed by atoms with E-state index in [2.05, 4.69) is 15.8 Å². The van der Waals surface area contributed by atoms with Gasteiger partial charge in [0.25, 0.3) is 0 Å². The number of methoxy groups -OCH3 is 1. The average Bonchev–Trinajstić information content (AvgIpc) is 2.89. The van der Waals surface area contributed by atoms with E-state index in [1.54, 1.807) is 19.1 Å². The van der Waals surface area contributed by atoms with Crippen LogP contribution in [0.15, 0.2) is 35.4 Å². The zero-order chi connectivity index (χ0) is 18.4. The van der Waals surface area contributed by atoms with Crippen LogP contribution < -0.4 is 10.7 Å². The lowest BCUT2D eigenvalue weighted by atomic mass is 10.1. The lowest BCUT2D eigenvalue weighted by molar-refractivity contribution is -0.136. The van der Waals surface area contributed by atoms with Crippen molar-refractivity contribution in [1.82, 2.24) is 5.43 Å². The summed E-state index contributed by atoms with van der Waals surface area (Å²) in [5, 5.41) is 6.43. The zero-order valence-corrected chi connectivity index (χ0v) is 14.8. The van der Waals surface area contributed by atoms with Gasteiger partial charge in [-0.2, -0.15) is 5.10 Å². The number of hydrazone groups is 1. The van der Waals surface area contributed by atoms with Crippen LogP contribution >= 0.6 is 11.3 Å². The largest absolute Gasteiger partial charge is 0.465 e. The van der Waals surface area contributed by atoms with Gasteiger partial charge in [-0.3, -0.25) is 9.59 Å². The minimum atomic E-state index is -0.938. The lowest BCUT2D eigenvalue weighted by Crippen LogP contribution is -2.32. The van der Waals surface area contributed by atoms with Gasteiger partial charge >= 0.3 is 17.8 Å². The van der Waals surface area contributed by atoms with Gasteiger partial charge in [-0.25, -0.2) is 10.2 Å². The molecule has 0 unspecified atom stereocenters. The minimum Gasteiger partial charge on any atom is -0.465 e. The third-order valence-corrected chi connectivity index (χ3v) is 4.51. The van der Waals surface area contributed by atoms with Gasteiger partial charge in [0.05, 0.1) is 18.9 Å². The highest BCUT2D eigenvalue weighted by molar-refractivity contribution is 7.17. The molecule has 0 aliphatic rings. The van der Waals surface area contributed by atoms with Crippen LogP contribution in [0.4, 0.5) is 5.00 Å². The number of nitrogens with one attached hydrogen (secondary N) is 2. The van der Waals surface area contributed by atoms with Crippen molar-refractivity contribution in [3.63, 3.8) is 0 Å². The second-order valence-corrected chi connectivity index (χ2v) is 6.27. The van der Waals surface area contributed by atoms with Gasteiger partial charge in [0.15, 0.2) is 0 Å². The third kappa shape index (κ3) is 4.51. The summed E-state index contributed by atoms with van der Waals surface area (Å²) in [7, 11) is 1.26. The Hall–Kier alpha value is -3.00. The van der Waals surface area contributed by atoms with Crippen molar-refractivity contribution in [2.75, 3.05) is 12.4 Å². The van der Waals surface area contributed by atoms with E-state index in [0.29, 0.717) is 5.56 Å². The van der Waals surface area contributed by atoms with Gasteiger partial charge in [-0.05, 0) is 25.0 Å². The molecule has 130 valence electrons. The van der Waals surface area contributed by atoms with E-state index in [4.69, 9.17) is 4.74 Å². The normalized spacial score (nSPS) is 10.5. The molecular formula is C17H17N3O4S. The number of rotatable bonds is 4. The highest BCUT2D eigenvalue weighted by Gasteiger charge is 2.23. The molecule has 1 aromatic carbocycles. The summed E-state index contributed by atoms with van der Waals surface area (Å²) in [5.74, 6) is -2.43. The third-order valence-electron chi connectivity index (χ3n) is 3.39. The Morgan fingerprint density at radius 3 is 2.44 bits per heavy atom. The molecule has 0 spiro atoms. The number of esters is 1. The Kier molecular flexibility index (Phi) is 6.02. The van der Waals surface area contributed by atoms with E-state index < -0.39 is 17.8 Å². The molecule has 0 atom stereocenters. The maximum Gasteiger partial charge on any atom is 0.341 e. The highest BCUT2D eigenvalue weighted by atomic mass is 32.1. The molecule has 0 radical (unpaired) electrons. The summed E-state index contributed by atoms with van der Waals surface area (Å²) in [5.41, 5.74) is 3.87.